The fraction of sp³-hybridized carbons (Fsp3) is 0.0667. The first-order valence-corrected chi connectivity index (χ1v) is 6.36. The van der Waals surface area contributed by atoms with Crippen LogP contribution in [0.3, 0.4) is 0 Å². The van der Waals surface area contributed by atoms with E-state index in [0.29, 0.717) is 17.3 Å². The van der Waals surface area contributed by atoms with E-state index in [1.807, 2.05) is 42.5 Å². The molecule has 0 bridgehead atoms. The molecule has 2 aromatic carbocycles. The number of hydrogen-bond acceptors (Lipinski definition) is 3. The molecule has 0 spiro atoms. The third-order valence-electron chi connectivity index (χ3n) is 2.94. The van der Waals surface area contributed by atoms with Crippen molar-refractivity contribution in [1.29, 1.82) is 0 Å². The van der Waals surface area contributed by atoms with Gasteiger partial charge in [-0.3, -0.25) is 0 Å². The van der Waals surface area contributed by atoms with Crippen molar-refractivity contribution < 1.29 is 0 Å². The van der Waals surface area contributed by atoms with Gasteiger partial charge < -0.3 is 5.73 Å². The fourth-order valence-electron chi connectivity index (χ4n) is 2.03. The number of fused-ring (bicyclic) bond motifs is 1. The van der Waals surface area contributed by atoms with Gasteiger partial charge in [0.25, 0.3) is 0 Å². The van der Waals surface area contributed by atoms with Crippen molar-refractivity contribution >= 4 is 28.3 Å². The van der Waals surface area contributed by atoms with Gasteiger partial charge >= 0.3 is 0 Å². The molecule has 0 aliphatic carbocycles. The summed E-state index contributed by atoms with van der Waals surface area (Å²) in [6, 6.07) is 15.5. The van der Waals surface area contributed by atoms with E-state index in [4.69, 9.17) is 17.3 Å². The van der Waals surface area contributed by atoms with E-state index in [9.17, 15) is 0 Å². The maximum Gasteiger partial charge on any atom is 0.135 e. The molecule has 0 saturated heterocycles. The monoisotopic (exact) mass is 269 g/mol. The van der Waals surface area contributed by atoms with Crippen LogP contribution in [0.5, 0.6) is 0 Å². The maximum absolute atomic E-state index is 5.97. The molecule has 0 saturated carbocycles. The van der Waals surface area contributed by atoms with Gasteiger partial charge in [0.05, 0.1) is 5.52 Å². The Kier molecular flexibility index (Phi) is 3.05. The molecule has 0 fully saturated rings. The molecule has 3 aromatic rings. The third-order valence-corrected chi connectivity index (χ3v) is 3.17. The van der Waals surface area contributed by atoms with Crippen molar-refractivity contribution in [2.75, 3.05) is 5.73 Å². The molecular weight excluding hydrogens is 258 g/mol. The molecule has 0 atom stereocenters. The maximum atomic E-state index is 5.97. The molecule has 4 heteroatoms. The first-order chi connectivity index (χ1) is 9.22. The Balaban J connectivity index is 2.04. The quantitative estimate of drug-likeness (QED) is 0.775. The van der Waals surface area contributed by atoms with Crippen LogP contribution in [0.4, 0.5) is 5.82 Å². The lowest BCUT2D eigenvalue weighted by molar-refractivity contribution is 0.998. The van der Waals surface area contributed by atoms with E-state index in [2.05, 4.69) is 9.97 Å². The highest BCUT2D eigenvalue weighted by atomic mass is 35.5. The molecule has 1 heterocycles. The van der Waals surface area contributed by atoms with Gasteiger partial charge in [-0.15, -0.1) is 0 Å². The number of anilines is 1. The van der Waals surface area contributed by atoms with Crippen molar-refractivity contribution in [3.8, 4) is 0 Å². The Morgan fingerprint density at radius 1 is 1.00 bits per heavy atom. The van der Waals surface area contributed by atoms with Gasteiger partial charge in [-0.05, 0) is 23.8 Å². The number of halogens is 1. The Labute approximate surface area is 116 Å². The second-order valence-corrected chi connectivity index (χ2v) is 4.79. The van der Waals surface area contributed by atoms with E-state index in [1.54, 1.807) is 6.07 Å². The summed E-state index contributed by atoms with van der Waals surface area (Å²) in [5, 5.41) is 1.43. The van der Waals surface area contributed by atoms with Crippen molar-refractivity contribution in [3.63, 3.8) is 0 Å². The fourth-order valence-corrected chi connectivity index (χ4v) is 2.20. The summed E-state index contributed by atoms with van der Waals surface area (Å²) in [4.78, 5) is 8.87. The lowest BCUT2D eigenvalue weighted by Crippen LogP contribution is -2.01. The number of aromatic nitrogens is 2. The van der Waals surface area contributed by atoms with Gasteiger partial charge in [0.15, 0.2) is 0 Å². The van der Waals surface area contributed by atoms with Crippen LogP contribution in [0.25, 0.3) is 10.9 Å². The van der Waals surface area contributed by atoms with E-state index in [1.165, 1.54) is 0 Å². The van der Waals surface area contributed by atoms with Crippen LogP contribution in [0, 0.1) is 0 Å². The zero-order chi connectivity index (χ0) is 13.2. The van der Waals surface area contributed by atoms with Crippen LogP contribution in [0.2, 0.25) is 5.02 Å². The van der Waals surface area contributed by atoms with E-state index < -0.39 is 0 Å². The minimum Gasteiger partial charge on any atom is -0.383 e. The molecule has 0 amide bonds. The predicted molar refractivity (Wildman–Crippen MR) is 78.2 cm³/mol. The Bertz CT molecular complexity index is 726. The summed E-state index contributed by atoms with van der Waals surface area (Å²) in [5.74, 6) is 1.19. The number of nitrogens with two attached hydrogens (primary N) is 1. The molecule has 1 aromatic heterocycles. The molecule has 0 aliphatic heterocycles. The van der Waals surface area contributed by atoms with E-state index in [-0.39, 0.29) is 0 Å². The highest BCUT2D eigenvalue weighted by Crippen LogP contribution is 2.22. The normalized spacial score (nSPS) is 10.8. The predicted octanol–water partition coefficient (Wildman–Crippen LogP) is 3.46. The van der Waals surface area contributed by atoms with Gasteiger partial charge in [0.2, 0.25) is 0 Å². The van der Waals surface area contributed by atoms with Gasteiger partial charge in [-0.1, -0.05) is 41.9 Å². The lowest BCUT2D eigenvalue weighted by atomic mass is 10.1. The molecule has 94 valence electrons. The number of nitrogen functional groups attached to an aromatic ring is 1. The van der Waals surface area contributed by atoms with Gasteiger partial charge in [0.1, 0.15) is 11.6 Å². The number of nitrogens with zero attached hydrogens (tertiary/aromatic N) is 2. The molecule has 3 nitrogen and oxygen atoms in total. The summed E-state index contributed by atoms with van der Waals surface area (Å²) < 4.78 is 0. The van der Waals surface area contributed by atoms with Crippen LogP contribution in [0.15, 0.2) is 48.5 Å². The first-order valence-electron chi connectivity index (χ1n) is 5.98. The summed E-state index contributed by atoms with van der Waals surface area (Å²) in [7, 11) is 0. The molecule has 3 rings (SSSR count). The largest absolute Gasteiger partial charge is 0.383 e. The van der Waals surface area contributed by atoms with Gasteiger partial charge in [0, 0.05) is 16.8 Å². The lowest BCUT2D eigenvalue weighted by Gasteiger charge is -2.06. The summed E-state index contributed by atoms with van der Waals surface area (Å²) in [5.41, 5.74) is 7.95. The second kappa shape index (κ2) is 4.86. The third kappa shape index (κ3) is 2.51. The summed E-state index contributed by atoms with van der Waals surface area (Å²) in [6.07, 6.45) is 0.670. The molecule has 0 aliphatic rings. The van der Waals surface area contributed by atoms with E-state index in [0.717, 1.165) is 22.3 Å². The molecule has 19 heavy (non-hydrogen) atoms. The zero-order valence-corrected chi connectivity index (χ0v) is 10.9. The second-order valence-electron chi connectivity index (χ2n) is 4.35. The number of hydrogen-bond donors (Lipinski definition) is 1. The first kappa shape index (κ1) is 11.9. The molecule has 0 radical (unpaired) electrons. The van der Waals surface area contributed by atoms with Gasteiger partial charge in [-0.25, -0.2) is 9.97 Å². The summed E-state index contributed by atoms with van der Waals surface area (Å²) >= 11 is 5.95. The Hall–Kier alpha value is -2.13. The number of rotatable bonds is 2. The van der Waals surface area contributed by atoms with Gasteiger partial charge in [-0.2, -0.15) is 0 Å². The zero-order valence-electron chi connectivity index (χ0n) is 10.2. The highest BCUT2D eigenvalue weighted by Gasteiger charge is 2.06. The van der Waals surface area contributed by atoms with Crippen molar-refractivity contribution in [3.05, 3.63) is 64.9 Å². The average Bonchev–Trinajstić information content (AvgIpc) is 2.41. The highest BCUT2D eigenvalue weighted by molar-refractivity contribution is 6.31. The Morgan fingerprint density at radius 2 is 1.79 bits per heavy atom. The van der Waals surface area contributed by atoms with Crippen LogP contribution in [-0.4, -0.2) is 9.97 Å². The Morgan fingerprint density at radius 3 is 2.58 bits per heavy atom. The smallest absolute Gasteiger partial charge is 0.135 e. The van der Waals surface area contributed by atoms with Crippen LogP contribution in [-0.2, 0) is 6.42 Å². The van der Waals surface area contributed by atoms with Crippen LogP contribution >= 0.6 is 11.6 Å². The topological polar surface area (TPSA) is 51.8 Å². The van der Waals surface area contributed by atoms with Crippen LogP contribution < -0.4 is 5.73 Å². The number of benzene rings is 2. The molecule has 0 unspecified atom stereocenters. The van der Waals surface area contributed by atoms with E-state index >= 15 is 0 Å². The van der Waals surface area contributed by atoms with Crippen molar-refractivity contribution in [2.45, 2.75) is 6.42 Å². The molecular formula is C15H12ClN3. The van der Waals surface area contributed by atoms with Crippen molar-refractivity contribution in [1.82, 2.24) is 9.97 Å². The molecule has 2 N–H and O–H groups in total. The average molecular weight is 270 g/mol. The van der Waals surface area contributed by atoms with Crippen molar-refractivity contribution in [2.24, 2.45) is 0 Å². The summed E-state index contributed by atoms with van der Waals surface area (Å²) in [6.45, 7) is 0. The minimum absolute atomic E-state index is 0.471. The minimum atomic E-state index is 0.471. The standard InChI is InChI=1S/C15H12ClN3/c16-11-6-7-13-12(9-11)15(17)19-14(18-13)8-10-4-2-1-3-5-10/h1-7,9H,8H2,(H2,17,18,19). The van der Waals surface area contributed by atoms with Crippen LogP contribution in [0.1, 0.15) is 11.4 Å². The SMILES string of the molecule is Nc1nc(Cc2ccccc2)nc2ccc(Cl)cc12.